The van der Waals surface area contributed by atoms with Gasteiger partial charge in [-0.05, 0) is 32.2 Å². The van der Waals surface area contributed by atoms with Gasteiger partial charge in [-0.15, -0.1) is 0 Å². The first kappa shape index (κ1) is 13.9. The predicted molar refractivity (Wildman–Crippen MR) is 76.8 cm³/mol. The molecule has 2 aromatic rings. The van der Waals surface area contributed by atoms with Crippen LogP contribution in [-0.4, -0.2) is 23.9 Å². The maximum atomic E-state index is 6.04. The SMILES string of the molecule is CNCc1cnn(Cc2cc(Cl)ccc2OC)c1C. The van der Waals surface area contributed by atoms with Gasteiger partial charge in [0.15, 0.2) is 0 Å². The van der Waals surface area contributed by atoms with E-state index in [2.05, 4.69) is 17.3 Å². The molecule has 5 heteroatoms. The summed E-state index contributed by atoms with van der Waals surface area (Å²) in [5.74, 6) is 0.828. The van der Waals surface area contributed by atoms with Gasteiger partial charge in [0, 0.05) is 28.4 Å². The van der Waals surface area contributed by atoms with Gasteiger partial charge in [0.05, 0.1) is 19.9 Å². The number of hydrogen-bond donors (Lipinski definition) is 1. The van der Waals surface area contributed by atoms with Gasteiger partial charge in [-0.1, -0.05) is 11.6 Å². The summed E-state index contributed by atoms with van der Waals surface area (Å²) in [4.78, 5) is 0. The summed E-state index contributed by atoms with van der Waals surface area (Å²) in [6.07, 6.45) is 1.89. The van der Waals surface area contributed by atoms with E-state index in [1.807, 2.05) is 36.1 Å². The van der Waals surface area contributed by atoms with Gasteiger partial charge in [0.2, 0.25) is 0 Å². The molecule has 0 saturated heterocycles. The lowest BCUT2D eigenvalue weighted by molar-refractivity contribution is 0.407. The van der Waals surface area contributed by atoms with Crippen LogP contribution in [0, 0.1) is 6.92 Å². The zero-order valence-corrected chi connectivity index (χ0v) is 12.2. The summed E-state index contributed by atoms with van der Waals surface area (Å²) in [6, 6.07) is 5.62. The van der Waals surface area contributed by atoms with Crippen molar-refractivity contribution in [1.82, 2.24) is 15.1 Å². The lowest BCUT2D eigenvalue weighted by Crippen LogP contribution is -2.08. The van der Waals surface area contributed by atoms with Crippen molar-refractivity contribution < 1.29 is 4.74 Å². The van der Waals surface area contributed by atoms with E-state index in [0.29, 0.717) is 11.6 Å². The van der Waals surface area contributed by atoms with E-state index in [0.717, 1.165) is 23.6 Å². The molecule has 1 aromatic heterocycles. The number of methoxy groups -OCH3 is 1. The van der Waals surface area contributed by atoms with Crippen molar-refractivity contribution in [2.24, 2.45) is 0 Å². The minimum absolute atomic E-state index is 0.652. The summed E-state index contributed by atoms with van der Waals surface area (Å²) in [5, 5.41) is 8.25. The second-order valence-electron chi connectivity index (χ2n) is 4.40. The Hall–Kier alpha value is -1.52. The topological polar surface area (TPSA) is 39.1 Å². The summed E-state index contributed by atoms with van der Waals surface area (Å²) < 4.78 is 7.31. The number of hydrogen-bond acceptors (Lipinski definition) is 3. The molecule has 0 spiro atoms. The molecule has 4 nitrogen and oxygen atoms in total. The van der Waals surface area contributed by atoms with E-state index in [1.165, 1.54) is 5.56 Å². The highest BCUT2D eigenvalue weighted by Crippen LogP contribution is 2.24. The van der Waals surface area contributed by atoms with Gasteiger partial charge in [-0.2, -0.15) is 5.10 Å². The van der Waals surface area contributed by atoms with Crippen LogP contribution in [0.25, 0.3) is 0 Å². The van der Waals surface area contributed by atoms with Gasteiger partial charge in [-0.3, -0.25) is 4.68 Å². The monoisotopic (exact) mass is 279 g/mol. The predicted octanol–water partition coefficient (Wildman–Crippen LogP) is 2.62. The highest BCUT2D eigenvalue weighted by atomic mass is 35.5. The van der Waals surface area contributed by atoms with Crippen molar-refractivity contribution in [3.8, 4) is 5.75 Å². The molecule has 0 unspecified atom stereocenters. The molecule has 102 valence electrons. The Morgan fingerprint density at radius 2 is 2.16 bits per heavy atom. The zero-order chi connectivity index (χ0) is 13.8. The van der Waals surface area contributed by atoms with Crippen molar-refractivity contribution >= 4 is 11.6 Å². The molecule has 0 saturated carbocycles. The fraction of sp³-hybridized carbons (Fsp3) is 0.357. The van der Waals surface area contributed by atoms with Crippen LogP contribution < -0.4 is 10.1 Å². The minimum Gasteiger partial charge on any atom is -0.496 e. The fourth-order valence-electron chi connectivity index (χ4n) is 2.04. The van der Waals surface area contributed by atoms with E-state index in [4.69, 9.17) is 16.3 Å². The summed E-state index contributed by atoms with van der Waals surface area (Å²) in [6.45, 7) is 3.54. The van der Waals surface area contributed by atoms with Crippen molar-refractivity contribution in [3.05, 3.63) is 46.2 Å². The number of benzene rings is 1. The van der Waals surface area contributed by atoms with Crippen LogP contribution in [0.3, 0.4) is 0 Å². The van der Waals surface area contributed by atoms with Crippen molar-refractivity contribution in [3.63, 3.8) is 0 Å². The lowest BCUT2D eigenvalue weighted by Gasteiger charge is -2.10. The molecule has 0 fully saturated rings. The van der Waals surface area contributed by atoms with Gasteiger partial charge in [0.25, 0.3) is 0 Å². The van der Waals surface area contributed by atoms with Crippen LogP contribution in [-0.2, 0) is 13.1 Å². The Kier molecular flexibility index (Phi) is 4.45. The standard InChI is InChI=1S/C14H18ClN3O/c1-10-12(7-16-2)8-17-18(10)9-11-6-13(15)4-5-14(11)19-3/h4-6,8,16H,7,9H2,1-3H3. The average Bonchev–Trinajstić information content (AvgIpc) is 2.73. The molecular formula is C14H18ClN3O. The third-order valence-corrected chi connectivity index (χ3v) is 3.37. The average molecular weight is 280 g/mol. The lowest BCUT2D eigenvalue weighted by atomic mass is 10.2. The van der Waals surface area contributed by atoms with Gasteiger partial charge < -0.3 is 10.1 Å². The van der Waals surface area contributed by atoms with Crippen LogP contribution in [0.4, 0.5) is 0 Å². The Balaban J connectivity index is 2.28. The van der Waals surface area contributed by atoms with E-state index >= 15 is 0 Å². The number of ether oxygens (including phenoxy) is 1. The Bertz CT molecular complexity index is 566. The molecule has 0 atom stereocenters. The highest BCUT2D eigenvalue weighted by Gasteiger charge is 2.09. The number of halogens is 1. The molecule has 1 aromatic carbocycles. The number of aromatic nitrogens is 2. The molecule has 1 N–H and O–H groups in total. The minimum atomic E-state index is 0.652. The first-order valence-electron chi connectivity index (χ1n) is 6.14. The second kappa shape index (κ2) is 6.08. The molecule has 0 radical (unpaired) electrons. The molecule has 19 heavy (non-hydrogen) atoms. The molecule has 2 rings (SSSR count). The molecule has 0 aliphatic heterocycles. The van der Waals surface area contributed by atoms with Crippen molar-refractivity contribution in [2.75, 3.05) is 14.2 Å². The molecular weight excluding hydrogens is 262 g/mol. The second-order valence-corrected chi connectivity index (χ2v) is 4.84. The first-order valence-corrected chi connectivity index (χ1v) is 6.51. The van der Waals surface area contributed by atoms with Crippen LogP contribution in [0.2, 0.25) is 5.02 Å². The molecule has 1 heterocycles. The molecule has 0 aliphatic carbocycles. The Labute approximate surface area is 118 Å². The maximum absolute atomic E-state index is 6.04. The van der Waals surface area contributed by atoms with Gasteiger partial charge in [-0.25, -0.2) is 0 Å². The number of rotatable bonds is 5. The zero-order valence-electron chi connectivity index (χ0n) is 11.4. The van der Waals surface area contributed by atoms with Crippen LogP contribution in [0.1, 0.15) is 16.8 Å². The quantitative estimate of drug-likeness (QED) is 0.914. The third-order valence-electron chi connectivity index (χ3n) is 3.13. The highest BCUT2D eigenvalue weighted by molar-refractivity contribution is 6.30. The number of nitrogens with zero attached hydrogens (tertiary/aromatic N) is 2. The fourth-order valence-corrected chi connectivity index (χ4v) is 2.24. The normalized spacial score (nSPS) is 10.7. The Morgan fingerprint density at radius 3 is 2.84 bits per heavy atom. The summed E-state index contributed by atoms with van der Waals surface area (Å²) >= 11 is 6.04. The van der Waals surface area contributed by atoms with E-state index in [9.17, 15) is 0 Å². The van der Waals surface area contributed by atoms with Gasteiger partial charge >= 0.3 is 0 Å². The molecule has 0 amide bonds. The first-order chi connectivity index (χ1) is 9.15. The molecule has 0 aliphatic rings. The van der Waals surface area contributed by atoms with Crippen molar-refractivity contribution in [1.29, 1.82) is 0 Å². The van der Waals surface area contributed by atoms with Crippen LogP contribution in [0.5, 0.6) is 5.75 Å². The summed E-state index contributed by atoms with van der Waals surface area (Å²) in [7, 11) is 3.59. The van der Waals surface area contributed by atoms with E-state index < -0.39 is 0 Å². The largest absolute Gasteiger partial charge is 0.496 e. The van der Waals surface area contributed by atoms with Crippen LogP contribution >= 0.6 is 11.6 Å². The van der Waals surface area contributed by atoms with Crippen molar-refractivity contribution in [2.45, 2.75) is 20.0 Å². The molecule has 0 bridgehead atoms. The van der Waals surface area contributed by atoms with Gasteiger partial charge in [0.1, 0.15) is 5.75 Å². The smallest absolute Gasteiger partial charge is 0.124 e. The maximum Gasteiger partial charge on any atom is 0.124 e. The third kappa shape index (κ3) is 3.08. The number of nitrogens with one attached hydrogen (secondary N) is 1. The van der Waals surface area contributed by atoms with Crippen LogP contribution in [0.15, 0.2) is 24.4 Å². The Morgan fingerprint density at radius 1 is 1.37 bits per heavy atom. The van der Waals surface area contributed by atoms with E-state index in [-0.39, 0.29) is 0 Å². The summed E-state index contributed by atoms with van der Waals surface area (Å²) in [5.41, 5.74) is 3.37. The van der Waals surface area contributed by atoms with E-state index in [1.54, 1.807) is 7.11 Å².